The molecule has 0 saturated carbocycles. The molecule has 0 radical (unpaired) electrons. The number of benzene rings is 4. The van der Waals surface area contributed by atoms with E-state index in [9.17, 15) is 40.7 Å². The largest absolute Gasteiger partial charge is 0.478 e. The van der Waals surface area contributed by atoms with E-state index in [1.54, 1.807) is 24.3 Å². The molecule has 2 amide bonds. The number of sulfonamides is 2. The lowest BCUT2D eigenvalue weighted by molar-refractivity contribution is -0.121. The molecule has 4 aromatic carbocycles. The van der Waals surface area contributed by atoms with E-state index in [1.807, 2.05) is 0 Å². The molecule has 0 unspecified atom stereocenters. The van der Waals surface area contributed by atoms with Crippen molar-refractivity contribution in [2.45, 2.75) is 75.0 Å². The Morgan fingerprint density at radius 1 is 0.615 bits per heavy atom. The number of unbranched alkanes of at least 4 members (excludes halogenated alkanes) is 2. The van der Waals surface area contributed by atoms with Crippen LogP contribution >= 0.6 is 0 Å². The molecule has 0 spiro atoms. The van der Waals surface area contributed by atoms with Crippen LogP contribution in [0.4, 0.5) is 27.1 Å². The second-order valence-electron chi connectivity index (χ2n) is 12.1. The fourth-order valence-corrected chi connectivity index (χ4v) is 7.22. The van der Waals surface area contributed by atoms with E-state index in [0.29, 0.717) is 0 Å². The molecule has 0 aliphatic carbocycles. The number of aromatic carboxylic acids is 1. The highest BCUT2D eigenvalue weighted by Gasteiger charge is 2.21. The van der Waals surface area contributed by atoms with E-state index in [-0.39, 0.29) is 45.4 Å². The predicted octanol–water partition coefficient (Wildman–Crippen LogP) is 7.17. The van der Waals surface area contributed by atoms with Crippen molar-refractivity contribution < 1.29 is 40.7 Å². The third-order valence-corrected chi connectivity index (χ3v) is 10.7. The van der Waals surface area contributed by atoms with Crippen LogP contribution in [-0.4, -0.2) is 39.7 Å². The molecule has 5 N–H and O–H groups in total. The number of anilines is 4. The maximum atomic E-state index is 14.8. The fraction of sp³-hybridized carbons (Fsp3) is 0.270. The second-order valence-corrected chi connectivity index (χ2v) is 15.4. The number of nitrogens with one attached hydrogen (secondary N) is 4. The van der Waals surface area contributed by atoms with Crippen LogP contribution in [0.1, 0.15) is 73.9 Å². The summed E-state index contributed by atoms with van der Waals surface area (Å²) in [5.41, 5.74) is 1.13. The quantitative estimate of drug-likeness (QED) is 0.0708. The summed E-state index contributed by atoms with van der Waals surface area (Å²) in [7, 11) is -8.19. The van der Waals surface area contributed by atoms with Gasteiger partial charge in [0.25, 0.3) is 20.0 Å². The average molecular weight is 753 g/mol. The van der Waals surface area contributed by atoms with Crippen LogP contribution in [0.2, 0.25) is 0 Å². The van der Waals surface area contributed by atoms with Crippen LogP contribution in [0.5, 0.6) is 0 Å². The Hall–Kier alpha value is -5.28. The third kappa shape index (κ3) is 11.1. The molecular formula is C37H41FN4O8S2. The van der Waals surface area contributed by atoms with Gasteiger partial charge in [0.2, 0.25) is 11.8 Å². The Bertz CT molecular complexity index is 2120. The number of rotatable bonds is 18. The zero-order valence-corrected chi connectivity index (χ0v) is 30.4. The van der Waals surface area contributed by atoms with Gasteiger partial charge in [-0.3, -0.25) is 19.0 Å². The maximum absolute atomic E-state index is 14.8. The zero-order valence-electron chi connectivity index (χ0n) is 28.7. The number of hydrogen-bond acceptors (Lipinski definition) is 7. The van der Waals surface area contributed by atoms with E-state index in [0.717, 1.165) is 61.8 Å². The van der Waals surface area contributed by atoms with Crippen molar-refractivity contribution in [2.24, 2.45) is 0 Å². The molecule has 0 aliphatic heterocycles. The lowest BCUT2D eigenvalue weighted by atomic mass is 10.1. The summed E-state index contributed by atoms with van der Waals surface area (Å²) in [4.78, 5) is 37.0. The molecule has 0 fully saturated rings. The summed E-state index contributed by atoms with van der Waals surface area (Å²) in [5.74, 6) is -3.65. The van der Waals surface area contributed by atoms with Gasteiger partial charge in [0, 0.05) is 24.2 Å². The standard InChI is InChI=1S/C37H41FN4O8S2/c1-3-5-7-25-9-15-29(16-10-25)51(47,48)41-33-19-13-27(23-31(33)37(45)46)39-35(43)21-22-36(44)40-28-14-20-34(32(38)24-28)42-52(49,50)30-17-11-26(12-18-30)8-6-4-2/h9-20,23-24,41-42H,3-8,21-22H2,1-2H3,(H,39,43)(H,40,44)(H,45,46). The summed E-state index contributed by atoms with van der Waals surface area (Å²) < 4.78 is 70.8. The summed E-state index contributed by atoms with van der Waals surface area (Å²) >= 11 is 0. The minimum atomic E-state index is -4.11. The van der Waals surface area contributed by atoms with Gasteiger partial charge in [0.05, 0.1) is 26.7 Å². The number of carbonyl (C=O) groups excluding carboxylic acids is 2. The molecule has 15 heteroatoms. The van der Waals surface area contributed by atoms with Gasteiger partial charge < -0.3 is 15.7 Å². The SMILES string of the molecule is CCCCc1ccc(S(=O)(=O)Nc2ccc(NC(=O)CCC(=O)Nc3ccc(NS(=O)(=O)c4ccc(CCCC)cc4)c(C(=O)O)c3)cc2F)cc1. The van der Waals surface area contributed by atoms with Crippen molar-refractivity contribution >= 4 is 60.6 Å². The predicted molar refractivity (Wildman–Crippen MR) is 198 cm³/mol. The van der Waals surface area contributed by atoms with Gasteiger partial charge in [0.15, 0.2) is 0 Å². The first-order chi connectivity index (χ1) is 24.7. The van der Waals surface area contributed by atoms with Gasteiger partial charge in [-0.15, -0.1) is 0 Å². The molecule has 0 aromatic heterocycles. The van der Waals surface area contributed by atoms with E-state index in [1.165, 1.54) is 48.5 Å². The van der Waals surface area contributed by atoms with Gasteiger partial charge in [-0.2, -0.15) is 0 Å². The summed E-state index contributed by atoms with van der Waals surface area (Å²) in [6.45, 7) is 4.11. The van der Waals surface area contributed by atoms with Crippen molar-refractivity contribution in [1.82, 2.24) is 0 Å². The van der Waals surface area contributed by atoms with E-state index in [2.05, 4.69) is 33.9 Å². The summed E-state index contributed by atoms with van der Waals surface area (Å²) in [5, 5.41) is 14.7. The first-order valence-electron chi connectivity index (χ1n) is 16.7. The van der Waals surface area contributed by atoms with Crippen molar-refractivity contribution in [2.75, 3.05) is 20.1 Å². The normalized spacial score (nSPS) is 11.4. The van der Waals surface area contributed by atoms with Gasteiger partial charge in [-0.1, -0.05) is 51.0 Å². The fourth-order valence-electron chi connectivity index (χ4n) is 5.08. The maximum Gasteiger partial charge on any atom is 0.337 e. The van der Waals surface area contributed by atoms with Crippen molar-refractivity contribution in [3.8, 4) is 0 Å². The molecule has 0 atom stereocenters. The number of hydrogen-bond donors (Lipinski definition) is 5. The van der Waals surface area contributed by atoms with Gasteiger partial charge in [-0.25, -0.2) is 26.0 Å². The number of carbonyl (C=O) groups is 3. The number of aryl methyl sites for hydroxylation is 2. The van der Waals surface area contributed by atoms with Crippen LogP contribution in [0.25, 0.3) is 0 Å². The molecule has 0 heterocycles. The minimum absolute atomic E-state index is 0.0262. The van der Waals surface area contributed by atoms with Crippen LogP contribution in [-0.2, 0) is 42.5 Å². The lowest BCUT2D eigenvalue weighted by Gasteiger charge is -2.13. The highest BCUT2D eigenvalue weighted by Crippen LogP contribution is 2.26. The van der Waals surface area contributed by atoms with E-state index < -0.39 is 49.2 Å². The summed E-state index contributed by atoms with van der Waals surface area (Å²) in [6.07, 6.45) is 4.92. The van der Waals surface area contributed by atoms with Gasteiger partial charge >= 0.3 is 5.97 Å². The molecular weight excluding hydrogens is 712 g/mol. The first-order valence-corrected chi connectivity index (χ1v) is 19.7. The Morgan fingerprint density at radius 2 is 1.04 bits per heavy atom. The Labute approximate surface area is 303 Å². The average Bonchev–Trinajstić information content (AvgIpc) is 3.11. The molecule has 0 aliphatic rings. The van der Waals surface area contributed by atoms with Crippen molar-refractivity contribution in [3.63, 3.8) is 0 Å². The van der Waals surface area contributed by atoms with Crippen LogP contribution in [0.3, 0.4) is 0 Å². The number of carboxylic acids is 1. The topological polar surface area (TPSA) is 188 Å². The third-order valence-electron chi connectivity index (χ3n) is 7.96. The van der Waals surface area contributed by atoms with Crippen LogP contribution in [0.15, 0.2) is 94.7 Å². The first kappa shape index (κ1) is 39.5. The molecule has 0 saturated heterocycles. The second kappa shape index (κ2) is 17.8. The number of carboxylic acid groups (broad SMARTS) is 1. The Morgan fingerprint density at radius 3 is 1.46 bits per heavy atom. The molecule has 0 bridgehead atoms. The summed E-state index contributed by atoms with van der Waals surface area (Å²) in [6, 6.07) is 19.7. The highest BCUT2D eigenvalue weighted by molar-refractivity contribution is 7.93. The number of halogens is 1. The highest BCUT2D eigenvalue weighted by atomic mass is 32.2. The van der Waals surface area contributed by atoms with Gasteiger partial charge in [-0.05, 0) is 97.5 Å². The van der Waals surface area contributed by atoms with Crippen LogP contribution < -0.4 is 20.1 Å². The molecule has 276 valence electrons. The number of amides is 2. The van der Waals surface area contributed by atoms with Gasteiger partial charge in [0.1, 0.15) is 5.82 Å². The van der Waals surface area contributed by atoms with E-state index in [4.69, 9.17) is 0 Å². The molecule has 4 rings (SSSR count). The minimum Gasteiger partial charge on any atom is -0.478 e. The molecule has 52 heavy (non-hydrogen) atoms. The molecule has 4 aromatic rings. The monoisotopic (exact) mass is 752 g/mol. The molecule has 12 nitrogen and oxygen atoms in total. The zero-order chi connectivity index (χ0) is 37.9. The van der Waals surface area contributed by atoms with Crippen molar-refractivity contribution in [3.05, 3.63) is 107 Å². The lowest BCUT2D eigenvalue weighted by Crippen LogP contribution is -2.18. The Balaban J connectivity index is 1.31. The van der Waals surface area contributed by atoms with Crippen molar-refractivity contribution in [1.29, 1.82) is 0 Å². The van der Waals surface area contributed by atoms with Crippen LogP contribution in [0, 0.1) is 5.82 Å². The van der Waals surface area contributed by atoms with E-state index >= 15 is 0 Å². The Kier molecular flexibility index (Phi) is 13.5. The smallest absolute Gasteiger partial charge is 0.337 e.